The smallest absolute Gasteiger partial charge is 0.277 e. The zero-order valence-corrected chi connectivity index (χ0v) is 14.6. The Kier molecular flexibility index (Phi) is 4.27. The second kappa shape index (κ2) is 6.04. The Morgan fingerprint density at radius 3 is 3.00 bits per heavy atom. The van der Waals surface area contributed by atoms with Crippen LogP contribution in [-0.2, 0) is 23.2 Å². The van der Waals surface area contributed by atoms with Crippen LogP contribution >= 0.6 is 23.1 Å². The first kappa shape index (κ1) is 15.6. The van der Waals surface area contributed by atoms with Crippen molar-refractivity contribution >= 4 is 29.0 Å². The third kappa shape index (κ3) is 3.35. The molecule has 0 aliphatic carbocycles. The summed E-state index contributed by atoms with van der Waals surface area (Å²) in [6, 6.07) is 2.11. The first-order valence-corrected chi connectivity index (χ1v) is 9.10. The number of carbonyl (C=O) groups excluding carboxylic acids is 1. The van der Waals surface area contributed by atoms with E-state index in [1.807, 2.05) is 25.7 Å². The van der Waals surface area contributed by atoms with E-state index in [1.54, 1.807) is 11.3 Å². The van der Waals surface area contributed by atoms with Gasteiger partial charge in [-0.1, -0.05) is 32.5 Å². The number of rotatable bonds is 3. The van der Waals surface area contributed by atoms with Gasteiger partial charge in [0.25, 0.3) is 5.22 Å². The molecule has 0 spiro atoms. The number of thioether (sulfide) groups is 1. The van der Waals surface area contributed by atoms with Crippen molar-refractivity contribution in [3.63, 3.8) is 0 Å². The molecule has 0 unspecified atom stereocenters. The Hall–Kier alpha value is -1.34. The lowest BCUT2D eigenvalue weighted by Crippen LogP contribution is -2.36. The molecule has 0 radical (unpaired) electrons. The zero-order valence-electron chi connectivity index (χ0n) is 13.0. The van der Waals surface area contributed by atoms with Gasteiger partial charge < -0.3 is 9.32 Å². The summed E-state index contributed by atoms with van der Waals surface area (Å²) in [5, 5.41) is 10.6. The van der Waals surface area contributed by atoms with E-state index >= 15 is 0 Å². The minimum Gasteiger partial charge on any atom is -0.415 e. The van der Waals surface area contributed by atoms with Crippen LogP contribution in [0.4, 0.5) is 0 Å². The van der Waals surface area contributed by atoms with Crippen LogP contribution in [0.5, 0.6) is 0 Å². The zero-order chi connectivity index (χ0) is 15.7. The molecule has 0 fully saturated rings. The van der Waals surface area contributed by atoms with Crippen molar-refractivity contribution in [1.82, 2.24) is 15.1 Å². The molecule has 0 atom stereocenters. The highest BCUT2D eigenvalue weighted by atomic mass is 32.2. The van der Waals surface area contributed by atoms with E-state index < -0.39 is 0 Å². The first-order valence-electron chi connectivity index (χ1n) is 7.23. The summed E-state index contributed by atoms with van der Waals surface area (Å²) in [5.74, 6) is 1.06. The van der Waals surface area contributed by atoms with Gasteiger partial charge in [-0.2, -0.15) is 0 Å². The molecule has 0 aromatic carbocycles. The van der Waals surface area contributed by atoms with Crippen LogP contribution in [0.3, 0.4) is 0 Å². The van der Waals surface area contributed by atoms with E-state index in [1.165, 1.54) is 22.2 Å². The van der Waals surface area contributed by atoms with E-state index in [9.17, 15) is 4.79 Å². The van der Waals surface area contributed by atoms with Gasteiger partial charge >= 0.3 is 0 Å². The average Bonchev–Trinajstić information content (AvgIpc) is 3.12. The number of hydrogen-bond donors (Lipinski definition) is 0. The van der Waals surface area contributed by atoms with Gasteiger partial charge in [-0.05, 0) is 23.4 Å². The molecule has 3 rings (SSSR count). The second-order valence-corrected chi connectivity index (χ2v) is 8.27. The van der Waals surface area contributed by atoms with Gasteiger partial charge in [-0.15, -0.1) is 21.5 Å². The molecular weight excluding hydrogens is 318 g/mol. The molecule has 118 valence electrons. The van der Waals surface area contributed by atoms with Crippen molar-refractivity contribution in [3.05, 3.63) is 27.8 Å². The van der Waals surface area contributed by atoms with Crippen molar-refractivity contribution in [2.45, 2.75) is 44.4 Å². The molecule has 0 saturated carbocycles. The third-order valence-electron chi connectivity index (χ3n) is 3.53. The quantitative estimate of drug-likeness (QED) is 0.806. The van der Waals surface area contributed by atoms with Gasteiger partial charge in [0.05, 0.1) is 5.75 Å². The summed E-state index contributed by atoms with van der Waals surface area (Å²) in [6.07, 6.45) is 0.956. The van der Waals surface area contributed by atoms with Gasteiger partial charge in [0.2, 0.25) is 11.8 Å². The maximum atomic E-state index is 12.3. The predicted octanol–water partition coefficient (Wildman–Crippen LogP) is 3.11. The summed E-state index contributed by atoms with van der Waals surface area (Å²) in [7, 11) is 0. The Bertz CT molecular complexity index is 672. The van der Waals surface area contributed by atoms with Crippen LogP contribution in [-0.4, -0.2) is 33.3 Å². The fraction of sp³-hybridized carbons (Fsp3) is 0.533. The van der Waals surface area contributed by atoms with Crippen LogP contribution in [0, 0.1) is 0 Å². The molecule has 2 aromatic heterocycles. The van der Waals surface area contributed by atoms with E-state index in [2.05, 4.69) is 21.6 Å². The minimum absolute atomic E-state index is 0.123. The predicted molar refractivity (Wildman–Crippen MR) is 87.2 cm³/mol. The van der Waals surface area contributed by atoms with Crippen molar-refractivity contribution in [2.75, 3.05) is 12.3 Å². The van der Waals surface area contributed by atoms with Crippen LogP contribution < -0.4 is 0 Å². The number of nitrogens with zero attached hydrogens (tertiary/aromatic N) is 3. The molecule has 0 N–H and O–H groups in total. The van der Waals surface area contributed by atoms with E-state index in [0.717, 1.165) is 19.5 Å². The molecular formula is C15H19N3O2S2. The molecule has 0 saturated heterocycles. The number of fused-ring (bicyclic) bond motifs is 1. The molecule has 1 aliphatic rings. The van der Waals surface area contributed by atoms with Gasteiger partial charge in [-0.3, -0.25) is 4.79 Å². The van der Waals surface area contributed by atoms with E-state index in [4.69, 9.17) is 4.42 Å². The Balaban J connectivity index is 1.56. The minimum atomic E-state index is -0.169. The fourth-order valence-corrected chi connectivity index (χ4v) is 3.80. The summed E-state index contributed by atoms with van der Waals surface area (Å²) in [4.78, 5) is 15.6. The van der Waals surface area contributed by atoms with Crippen LogP contribution in [0.1, 0.15) is 37.1 Å². The molecule has 7 heteroatoms. The lowest BCUT2D eigenvalue weighted by atomic mass is 9.97. The topological polar surface area (TPSA) is 59.2 Å². The maximum absolute atomic E-state index is 12.3. The number of hydrogen-bond acceptors (Lipinski definition) is 6. The van der Waals surface area contributed by atoms with Crippen LogP contribution in [0.2, 0.25) is 0 Å². The molecule has 1 aliphatic heterocycles. The largest absolute Gasteiger partial charge is 0.415 e. The second-order valence-electron chi connectivity index (χ2n) is 6.35. The van der Waals surface area contributed by atoms with Crippen molar-refractivity contribution in [1.29, 1.82) is 0 Å². The SMILES string of the molecule is CC(C)(C)c1nnc(SCC(=O)N2CCc3sccc3C2)o1. The average molecular weight is 337 g/mol. The van der Waals surface area contributed by atoms with E-state index in [-0.39, 0.29) is 11.3 Å². The summed E-state index contributed by atoms with van der Waals surface area (Å²) in [6.45, 7) is 7.57. The Labute approximate surface area is 138 Å². The highest BCUT2D eigenvalue weighted by Gasteiger charge is 2.24. The number of carbonyl (C=O) groups is 1. The molecule has 1 amide bonds. The number of amides is 1. The Morgan fingerprint density at radius 2 is 2.27 bits per heavy atom. The van der Waals surface area contributed by atoms with Gasteiger partial charge in [0.15, 0.2) is 0 Å². The van der Waals surface area contributed by atoms with Gasteiger partial charge in [0, 0.05) is 23.4 Å². The maximum Gasteiger partial charge on any atom is 0.277 e. The highest BCUT2D eigenvalue weighted by molar-refractivity contribution is 7.99. The third-order valence-corrected chi connectivity index (χ3v) is 5.35. The van der Waals surface area contributed by atoms with E-state index in [0.29, 0.717) is 16.9 Å². The van der Waals surface area contributed by atoms with Crippen molar-refractivity contribution < 1.29 is 9.21 Å². The first-order chi connectivity index (χ1) is 10.4. The number of aromatic nitrogens is 2. The molecule has 5 nitrogen and oxygen atoms in total. The van der Waals surface area contributed by atoms with Gasteiger partial charge in [-0.25, -0.2) is 0 Å². The standard InChI is InChI=1S/C15H19N3O2S2/c1-15(2,3)13-16-17-14(20-13)22-9-12(19)18-6-4-11-10(8-18)5-7-21-11/h5,7H,4,6,8-9H2,1-3H3. The van der Waals surface area contributed by atoms with Crippen LogP contribution in [0.15, 0.2) is 21.1 Å². The van der Waals surface area contributed by atoms with Gasteiger partial charge in [0.1, 0.15) is 0 Å². The van der Waals surface area contributed by atoms with Crippen LogP contribution in [0.25, 0.3) is 0 Å². The summed E-state index contributed by atoms with van der Waals surface area (Å²) < 4.78 is 5.60. The molecule has 22 heavy (non-hydrogen) atoms. The van der Waals surface area contributed by atoms with Crippen molar-refractivity contribution in [3.8, 4) is 0 Å². The highest BCUT2D eigenvalue weighted by Crippen LogP contribution is 2.27. The number of thiophene rings is 1. The molecule has 3 heterocycles. The fourth-order valence-electron chi connectivity index (χ4n) is 2.25. The lowest BCUT2D eigenvalue weighted by molar-refractivity contribution is -0.129. The summed E-state index contributed by atoms with van der Waals surface area (Å²) >= 11 is 3.09. The Morgan fingerprint density at radius 1 is 1.45 bits per heavy atom. The summed E-state index contributed by atoms with van der Waals surface area (Å²) in [5.41, 5.74) is 1.11. The molecule has 0 bridgehead atoms. The lowest BCUT2D eigenvalue weighted by Gasteiger charge is -2.26. The van der Waals surface area contributed by atoms with Crippen molar-refractivity contribution in [2.24, 2.45) is 0 Å². The monoisotopic (exact) mass is 337 g/mol. The molecule has 2 aromatic rings. The normalized spacial score (nSPS) is 15.0.